The molecular weight excluding hydrogens is 1080 g/mol. The number of halogens is 3. The average Bonchev–Trinajstić information content (AvgIpc) is 4.18. The molecule has 8 heterocycles. The van der Waals surface area contributed by atoms with Crippen LogP contribution in [0.3, 0.4) is 0 Å². The van der Waals surface area contributed by atoms with E-state index in [1.54, 1.807) is 86.7 Å². The Hall–Kier alpha value is -5.47. The van der Waals surface area contributed by atoms with Gasteiger partial charge in [-0.15, -0.1) is 12.4 Å². The molecule has 6 aliphatic rings. The monoisotopic (exact) mass is 1130 g/mol. The third kappa shape index (κ3) is 13.3. The average molecular weight is 1140 g/mol. The lowest BCUT2D eigenvalue weighted by Crippen LogP contribution is -2.37. The van der Waals surface area contributed by atoms with Crippen molar-refractivity contribution in [2.75, 3.05) is 65.4 Å². The van der Waals surface area contributed by atoms with E-state index in [1.807, 2.05) is 20.8 Å². The minimum atomic E-state index is -3.64. The second-order valence-electron chi connectivity index (χ2n) is 18.6. The van der Waals surface area contributed by atoms with Crippen LogP contribution in [0.15, 0.2) is 168 Å². The fourth-order valence-electron chi connectivity index (χ4n) is 9.05. The standard InChI is InChI=1S/C15H15NO3S.C14H14N2O3S.C11H18N2O2.C8H5ClO3S.ClHN4.ClH/c17-20(18,16-9-12-2-1-3-13(12)10-16)14-4-5-15-11(8-14)6-7-19-15;17-20(18,16-8-11-6-15-7-12(11)9-16)13-1-2-14-10(5-13)3-4-19-14;1-11(2,3)15-10(14)13-6-8-4-12-5-9(8)7-13;9-13(10,11)7-1-2-8-6(5-7)3-4-12-8;1-3-5-4-2;/h4-8H,1-3,9-10H2;1-5,15H,6-9H2;12H,4-7H2,1-3H3;1-5H;2H;1H. The van der Waals surface area contributed by atoms with Gasteiger partial charge >= 0.3 is 6.09 Å². The van der Waals surface area contributed by atoms with Crippen molar-refractivity contribution in [3.63, 3.8) is 0 Å². The number of fused-ring (bicyclic) bond motifs is 3. The van der Waals surface area contributed by atoms with Gasteiger partial charge in [-0.25, -0.2) is 30.0 Å². The van der Waals surface area contributed by atoms with Crippen LogP contribution in [0.25, 0.3) is 32.9 Å². The summed E-state index contributed by atoms with van der Waals surface area (Å²) in [5, 5.41) is 14.0. The minimum absolute atomic E-state index is 0. The molecule has 0 bridgehead atoms. The highest BCUT2D eigenvalue weighted by Gasteiger charge is 2.36. The molecule has 12 rings (SSSR count). The Morgan fingerprint density at radius 2 is 0.986 bits per heavy atom. The molecular formula is C48H54Cl3N9O11S3. The number of amides is 1. The Balaban J connectivity index is 0.000000141. The highest BCUT2D eigenvalue weighted by Crippen LogP contribution is 2.36. The maximum absolute atomic E-state index is 12.7. The highest BCUT2D eigenvalue weighted by molar-refractivity contribution is 8.13. The maximum Gasteiger partial charge on any atom is 0.410 e. The van der Waals surface area contributed by atoms with Crippen molar-refractivity contribution in [2.45, 2.75) is 60.3 Å². The number of carbonyl (C=O) groups is 1. The first-order valence-corrected chi connectivity index (χ1v) is 28.5. The zero-order chi connectivity index (χ0) is 52.1. The van der Waals surface area contributed by atoms with Crippen molar-refractivity contribution in [2.24, 2.45) is 15.1 Å². The van der Waals surface area contributed by atoms with Crippen molar-refractivity contribution < 1.29 is 48.0 Å². The van der Waals surface area contributed by atoms with Gasteiger partial charge < -0.3 is 33.5 Å². The molecule has 74 heavy (non-hydrogen) atoms. The summed E-state index contributed by atoms with van der Waals surface area (Å²) in [6.07, 6.45) is 7.74. The first kappa shape index (κ1) is 56.3. The van der Waals surface area contributed by atoms with Gasteiger partial charge in [0.1, 0.15) is 22.4 Å². The number of furan rings is 3. The predicted molar refractivity (Wildman–Crippen MR) is 281 cm³/mol. The van der Waals surface area contributed by atoms with Gasteiger partial charge in [0.25, 0.3) is 9.05 Å². The number of nitrogens with one attached hydrogen (secondary N) is 3. The molecule has 5 aliphatic heterocycles. The molecule has 26 heteroatoms. The van der Waals surface area contributed by atoms with Crippen LogP contribution < -0.4 is 10.6 Å². The number of sulfonamides is 2. The number of rotatable bonds is 6. The molecule has 0 fully saturated rings. The summed E-state index contributed by atoms with van der Waals surface area (Å²) >= 11 is 4.55. The molecule has 0 saturated carbocycles. The van der Waals surface area contributed by atoms with Crippen LogP contribution in [-0.4, -0.2) is 116 Å². The molecule has 0 unspecified atom stereocenters. The molecule has 0 atom stereocenters. The van der Waals surface area contributed by atoms with Crippen LogP contribution in [0.4, 0.5) is 4.79 Å². The quantitative estimate of drug-likeness (QED) is 0.0608. The molecule has 396 valence electrons. The second kappa shape index (κ2) is 23.6. The lowest BCUT2D eigenvalue weighted by atomic mass is 10.2. The molecule has 3 aromatic heterocycles. The van der Waals surface area contributed by atoms with Crippen LogP contribution in [0.1, 0.15) is 40.0 Å². The van der Waals surface area contributed by atoms with Gasteiger partial charge in [0.2, 0.25) is 20.0 Å². The van der Waals surface area contributed by atoms with Gasteiger partial charge in [0.15, 0.2) is 0 Å². The Labute approximate surface area is 443 Å². The number of carbonyl (C=O) groups excluding carboxylic acids is 1. The lowest BCUT2D eigenvalue weighted by Gasteiger charge is -2.25. The summed E-state index contributed by atoms with van der Waals surface area (Å²) in [6, 6.07) is 19.7. The van der Waals surface area contributed by atoms with Crippen LogP contribution in [-0.2, 0) is 33.8 Å². The van der Waals surface area contributed by atoms with Crippen LogP contribution >= 0.6 is 34.9 Å². The molecule has 0 spiro atoms. The molecule has 6 aromatic rings. The van der Waals surface area contributed by atoms with Crippen molar-refractivity contribution in [3.05, 3.63) is 125 Å². The first-order valence-electron chi connectivity index (χ1n) is 23.0. The molecule has 20 nitrogen and oxygen atoms in total. The fourth-order valence-corrected chi connectivity index (χ4v) is 12.8. The number of benzene rings is 3. The summed E-state index contributed by atoms with van der Waals surface area (Å²) in [5.41, 5.74) is 15.4. The van der Waals surface area contributed by atoms with E-state index in [4.69, 9.17) is 34.2 Å². The van der Waals surface area contributed by atoms with E-state index in [2.05, 4.69) is 37.5 Å². The molecule has 0 saturated heterocycles. The van der Waals surface area contributed by atoms with E-state index in [9.17, 15) is 30.0 Å². The molecule has 3 N–H and O–H groups in total. The highest BCUT2D eigenvalue weighted by atomic mass is 35.7. The second-order valence-corrected chi connectivity index (χ2v) is 25.2. The van der Waals surface area contributed by atoms with Gasteiger partial charge in [-0.05, 0) is 146 Å². The largest absolute Gasteiger partial charge is 0.464 e. The lowest BCUT2D eigenvalue weighted by molar-refractivity contribution is 0.0297. The first-order chi connectivity index (χ1) is 34.7. The van der Waals surface area contributed by atoms with E-state index in [1.165, 1.54) is 58.3 Å². The third-order valence-corrected chi connectivity index (χ3v) is 17.6. The SMILES string of the molecule is CC(C)(C)OC(=O)N1CC2=C(CNC2)C1.Cl.N=NN=NCl.O=S(=O)(Cl)c1ccc2occc2c1.O=S(=O)(c1ccc2occc2c1)N1CC2=C(CCC2)C1.O=S(=O)(c1ccc2occc2c1)N1CC2=C(CNC2)C1. The van der Waals surface area contributed by atoms with Gasteiger partial charge in [0.05, 0.1) is 45.3 Å². The van der Waals surface area contributed by atoms with Crippen LogP contribution in [0, 0.1) is 5.53 Å². The van der Waals surface area contributed by atoms with Crippen molar-refractivity contribution >= 4 is 103 Å². The Morgan fingerprint density at radius 3 is 1.35 bits per heavy atom. The zero-order valence-corrected chi connectivity index (χ0v) is 45.2. The molecule has 3 aromatic carbocycles. The van der Waals surface area contributed by atoms with Crippen LogP contribution in [0.2, 0.25) is 0 Å². The molecule has 1 aliphatic carbocycles. The molecule has 1 amide bonds. The van der Waals surface area contributed by atoms with Gasteiger partial charge in [-0.2, -0.15) is 14.1 Å². The van der Waals surface area contributed by atoms with Gasteiger partial charge in [0, 0.05) is 92.3 Å². The van der Waals surface area contributed by atoms with E-state index >= 15 is 0 Å². The number of nitrogens with zero attached hydrogens (tertiary/aromatic N) is 6. The third-order valence-electron chi connectivity index (χ3n) is 12.6. The topological polar surface area (TPSA) is 263 Å². The normalized spacial score (nSPS) is 17.8. The van der Waals surface area contributed by atoms with E-state index in [0.717, 1.165) is 68.3 Å². The van der Waals surface area contributed by atoms with Crippen molar-refractivity contribution in [3.8, 4) is 0 Å². The summed E-state index contributed by atoms with van der Waals surface area (Å²) in [7, 11) is -5.30. The van der Waals surface area contributed by atoms with Gasteiger partial charge in [-0.1, -0.05) is 15.8 Å². The summed E-state index contributed by atoms with van der Waals surface area (Å²) < 4.78 is 99.2. The summed E-state index contributed by atoms with van der Waals surface area (Å²) in [6.45, 7) is 12.8. The maximum atomic E-state index is 12.7. The van der Waals surface area contributed by atoms with Crippen LogP contribution in [0.5, 0.6) is 0 Å². The number of hydrogen-bond donors (Lipinski definition) is 3. The van der Waals surface area contributed by atoms with Crippen molar-refractivity contribution in [1.29, 1.82) is 5.53 Å². The van der Waals surface area contributed by atoms with E-state index in [0.29, 0.717) is 52.7 Å². The minimum Gasteiger partial charge on any atom is -0.464 e. The Bertz CT molecular complexity index is 3340. The summed E-state index contributed by atoms with van der Waals surface area (Å²) in [5.74, 6) is 0. The zero-order valence-electron chi connectivity index (χ0n) is 40.4. The Morgan fingerprint density at radius 1 is 0.608 bits per heavy atom. The molecule has 0 radical (unpaired) electrons. The fraction of sp³-hybridized carbons (Fsp3) is 0.354. The van der Waals surface area contributed by atoms with Crippen molar-refractivity contribution in [1.82, 2.24) is 24.1 Å². The predicted octanol–water partition coefficient (Wildman–Crippen LogP) is 9.71. The Kier molecular flexibility index (Phi) is 17.9. The summed E-state index contributed by atoms with van der Waals surface area (Å²) in [4.78, 5) is 14.3. The number of hydrogen-bond acceptors (Lipinski definition) is 15. The number of ether oxygens (including phenoxy) is 1. The smallest absolute Gasteiger partial charge is 0.410 e. The van der Waals surface area contributed by atoms with Gasteiger partial charge in [-0.3, -0.25) is 0 Å². The van der Waals surface area contributed by atoms with E-state index < -0.39 is 34.7 Å². The van der Waals surface area contributed by atoms with E-state index in [-0.39, 0.29) is 23.4 Å².